The van der Waals surface area contributed by atoms with Crippen LogP contribution in [0.4, 0.5) is 0 Å². The van der Waals surface area contributed by atoms with Crippen LogP contribution in [-0.2, 0) is 16.1 Å². The molecule has 27 heavy (non-hydrogen) atoms. The molecule has 1 amide bonds. The van der Waals surface area contributed by atoms with Crippen molar-refractivity contribution in [2.75, 3.05) is 13.6 Å². The first-order valence-corrected chi connectivity index (χ1v) is 9.20. The normalized spacial score (nSPS) is 10.9. The summed E-state index contributed by atoms with van der Waals surface area (Å²) in [5.74, 6) is -1.42. The Hall–Kier alpha value is -3.00. The number of likely N-dealkylation sites (N-methyl/N-ethyl adjacent to an activating group) is 1. The van der Waals surface area contributed by atoms with Gasteiger partial charge in [0.15, 0.2) is 0 Å². The largest absolute Gasteiger partial charge is 0.480 e. The highest BCUT2D eigenvalue weighted by molar-refractivity contribution is 7.19. The number of nitrogens with zero attached hydrogens (tertiary/aromatic N) is 3. The number of hydrogen-bond donors (Lipinski definition) is 1. The van der Waals surface area contributed by atoms with Gasteiger partial charge in [0.2, 0.25) is 5.91 Å². The van der Waals surface area contributed by atoms with Gasteiger partial charge in [-0.05, 0) is 12.5 Å². The standard InChI is InChI=1S/C19H19N3O4S/c1-12-16(13-6-4-3-5-7-13)17-18(27-12)20-11-22(19(17)26)9-8-14(23)21(2)10-15(24)25/h3-7,11H,8-10H2,1-2H3,(H,24,25). The molecule has 2 aromatic heterocycles. The van der Waals surface area contributed by atoms with Crippen LogP contribution >= 0.6 is 11.3 Å². The van der Waals surface area contributed by atoms with E-state index in [1.807, 2.05) is 37.3 Å². The maximum Gasteiger partial charge on any atom is 0.323 e. The molecule has 7 nitrogen and oxygen atoms in total. The second-order valence-electron chi connectivity index (χ2n) is 6.22. The topological polar surface area (TPSA) is 92.5 Å². The molecule has 0 aliphatic rings. The van der Waals surface area contributed by atoms with Gasteiger partial charge in [0, 0.05) is 30.5 Å². The Labute approximate surface area is 159 Å². The minimum Gasteiger partial charge on any atom is -0.480 e. The van der Waals surface area contributed by atoms with Crippen LogP contribution in [0.5, 0.6) is 0 Å². The zero-order valence-corrected chi connectivity index (χ0v) is 15.8. The molecule has 0 atom stereocenters. The van der Waals surface area contributed by atoms with Crippen LogP contribution in [0.1, 0.15) is 11.3 Å². The van der Waals surface area contributed by atoms with Gasteiger partial charge < -0.3 is 10.0 Å². The number of amides is 1. The second kappa shape index (κ2) is 7.71. The molecule has 0 aliphatic heterocycles. The van der Waals surface area contributed by atoms with E-state index in [9.17, 15) is 14.4 Å². The number of fused-ring (bicyclic) bond motifs is 1. The van der Waals surface area contributed by atoms with Crippen molar-refractivity contribution in [3.8, 4) is 11.1 Å². The summed E-state index contributed by atoms with van der Waals surface area (Å²) in [5.41, 5.74) is 1.63. The molecule has 0 saturated carbocycles. The van der Waals surface area contributed by atoms with Gasteiger partial charge in [-0.15, -0.1) is 11.3 Å². The predicted molar refractivity (Wildman–Crippen MR) is 104 cm³/mol. The lowest BCUT2D eigenvalue weighted by Crippen LogP contribution is -2.33. The van der Waals surface area contributed by atoms with Crippen LogP contribution < -0.4 is 5.56 Å². The molecule has 8 heteroatoms. The summed E-state index contributed by atoms with van der Waals surface area (Å²) in [5, 5.41) is 9.32. The summed E-state index contributed by atoms with van der Waals surface area (Å²) in [6.45, 7) is 1.74. The molecule has 0 aliphatic carbocycles. The quantitative estimate of drug-likeness (QED) is 0.703. The zero-order chi connectivity index (χ0) is 19.6. The fourth-order valence-electron chi connectivity index (χ4n) is 2.95. The molecule has 140 valence electrons. The average molecular weight is 385 g/mol. The maximum absolute atomic E-state index is 13.0. The minimum absolute atomic E-state index is 0.0284. The first kappa shape index (κ1) is 18.8. The summed E-state index contributed by atoms with van der Waals surface area (Å²) >= 11 is 1.47. The third kappa shape index (κ3) is 3.90. The van der Waals surface area contributed by atoms with Crippen molar-refractivity contribution in [1.82, 2.24) is 14.5 Å². The van der Waals surface area contributed by atoms with Crippen molar-refractivity contribution in [2.24, 2.45) is 0 Å². The zero-order valence-electron chi connectivity index (χ0n) is 15.0. The van der Waals surface area contributed by atoms with Crippen molar-refractivity contribution in [3.63, 3.8) is 0 Å². The number of rotatable bonds is 6. The van der Waals surface area contributed by atoms with Crippen LogP contribution in [0, 0.1) is 6.92 Å². The third-order valence-electron chi connectivity index (χ3n) is 4.28. The minimum atomic E-state index is -1.08. The van der Waals surface area contributed by atoms with Gasteiger partial charge >= 0.3 is 5.97 Å². The van der Waals surface area contributed by atoms with E-state index < -0.39 is 5.97 Å². The molecule has 0 bridgehead atoms. The smallest absolute Gasteiger partial charge is 0.323 e. The van der Waals surface area contributed by atoms with Crippen molar-refractivity contribution in [1.29, 1.82) is 0 Å². The van der Waals surface area contributed by atoms with Crippen LogP contribution in [0.3, 0.4) is 0 Å². The monoisotopic (exact) mass is 385 g/mol. The Morgan fingerprint density at radius 1 is 1.26 bits per heavy atom. The molecule has 0 saturated heterocycles. The van der Waals surface area contributed by atoms with Crippen molar-refractivity contribution in [3.05, 3.63) is 51.9 Å². The van der Waals surface area contributed by atoms with E-state index in [0.717, 1.165) is 20.9 Å². The van der Waals surface area contributed by atoms with Crippen LogP contribution in [-0.4, -0.2) is 45.0 Å². The van der Waals surface area contributed by atoms with E-state index in [-0.39, 0.29) is 31.0 Å². The first-order valence-electron chi connectivity index (χ1n) is 8.38. The number of aryl methyl sites for hydroxylation is 2. The lowest BCUT2D eigenvalue weighted by molar-refractivity contribution is -0.143. The summed E-state index contributed by atoms with van der Waals surface area (Å²) in [7, 11) is 1.43. The highest BCUT2D eigenvalue weighted by Gasteiger charge is 2.18. The Balaban J connectivity index is 1.93. The van der Waals surface area contributed by atoms with Gasteiger partial charge in [-0.1, -0.05) is 30.3 Å². The number of carboxylic acid groups (broad SMARTS) is 1. The van der Waals surface area contributed by atoms with E-state index in [1.54, 1.807) is 0 Å². The Kier molecular flexibility index (Phi) is 5.36. The van der Waals surface area contributed by atoms with E-state index in [1.165, 1.54) is 29.3 Å². The van der Waals surface area contributed by atoms with Crippen molar-refractivity contribution in [2.45, 2.75) is 19.9 Å². The van der Waals surface area contributed by atoms with E-state index >= 15 is 0 Å². The molecule has 0 radical (unpaired) electrons. The highest BCUT2D eigenvalue weighted by Crippen LogP contribution is 2.35. The molecule has 0 spiro atoms. The molecule has 0 fully saturated rings. The van der Waals surface area contributed by atoms with E-state index in [2.05, 4.69) is 4.98 Å². The number of carbonyl (C=O) groups excluding carboxylic acids is 1. The SMILES string of the molecule is Cc1sc2ncn(CCC(=O)N(C)CC(=O)O)c(=O)c2c1-c1ccccc1. The van der Waals surface area contributed by atoms with Gasteiger partial charge in [0.1, 0.15) is 11.4 Å². The lowest BCUT2D eigenvalue weighted by Gasteiger charge is -2.14. The second-order valence-corrected chi connectivity index (χ2v) is 7.42. The lowest BCUT2D eigenvalue weighted by atomic mass is 10.0. The third-order valence-corrected chi connectivity index (χ3v) is 5.30. The number of benzene rings is 1. The molecule has 1 N–H and O–H groups in total. The number of aromatic nitrogens is 2. The first-order chi connectivity index (χ1) is 12.9. The maximum atomic E-state index is 13.0. The number of thiophene rings is 1. The molecular weight excluding hydrogens is 366 g/mol. The van der Waals surface area contributed by atoms with E-state index in [0.29, 0.717) is 10.2 Å². The molecule has 1 aromatic carbocycles. The van der Waals surface area contributed by atoms with E-state index in [4.69, 9.17) is 5.11 Å². The summed E-state index contributed by atoms with van der Waals surface area (Å²) in [6, 6.07) is 9.67. The molecule has 2 heterocycles. The van der Waals surface area contributed by atoms with Crippen LogP contribution in [0.25, 0.3) is 21.3 Å². The number of carbonyl (C=O) groups is 2. The van der Waals surface area contributed by atoms with Gasteiger partial charge in [0.25, 0.3) is 5.56 Å². The Bertz CT molecular complexity index is 1060. The fourth-order valence-corrected chi connectivity index (χ4v) is 3.95. The van der Waals surface area contributed by atoms with Gasteiger partial charge in [0.05, 0.1) is 11.7 Å². The van der Waals surface area contributed by atoms with Gasteiger partial charge in [-0.2, -0.15) is 0 Å². The predicted octanol–water partition coefficient (Wildman–Crippen LogP) is 2.37. The molecule has 3 aromatic rings. The van der Waals surface area contributed by atoms with Crippen molar-refractivity contribution >= 4 is 33.4 Å². The number of carboxylic acids is 1. The summed E-state index contributed by atoms with van der Waals surface area (Å²) in [4.78, 5) is 42.9. The Morgan fingerprint density at radius 3 is 2.63 bits per heavy atom. The fraction of sp³-hybridized carbons (Fsp3) is 0.263. The average Bonchev–Trinajstić information content (AvgIpc) is 2.98. The summed E-state index contributed by atoms with van der Waals surface area (Å²) < 4.78 is 1.41. The molecule has 0 unspecified atom stereocenters. The Morgan fingerprint density at radius 2 is 1.96 bits per heavy atom. The summed E-state index contributed by atoms with van der Waals surface area (Å²) in [6.07, 6.45) is 1.47. The molecule has 3 rings (SSSR count). The number of aliphatic carboxylic acids is 1. The van der Waals surface area contributed by atoms with Crippen molar-refractivity contribution < 1.29 is 14.7 Å². The highest BCUT2D eigenvalue weighted by atomic mass is 32.1. The number of hydrogen-bond acceptors (Lipinski definition) is 5. The van der Waals surface area contributed by atoms with Crippen LogP contribution in [0.2, 0.25) is 0 Å². The van der Waals surface area contributed by atoms with Gasteiger partial charge in [-0.3, -0.25) is 19.0 Å². The van der Waals surface area contributed by atoms with Crippen LogP contribution in [0.15, 0.2) is 41.5 Å². The van der Waals surface area contributed by atoms with Gasteiger partial charge in [-0.25, -0.2) is 4.98 Å². The molecular formula is C19H19N3O4S.